The van der Waals surface area contributed by atoms with E-state index in [1.54, 1.807) is 0 Å². The number of hydrogen-bond donors (Lipinski definition) is 2. The second kappa shape index (κ2) is 8.31. The van der Waals surface area contributed by atoms with Crippen LogP contribution in [0.3, 0.4) is 0 Å². The van der Waals surface area contributed by atoms with Gasteiger partial charge in [-0.3, -0.25) is 0 Å². The lowest BCUT2D eigenvalue weighted by Gasteiger charge is -2.18. The molecule has 0 aliphatic heterocycles. The molecule has 0 amide bonds. The number of hydrogen-bond acceptors (Lipinski definition) is 4. The Morgan fingerprint density at radius 1 is 1.19 bits per heavy atom. The molecule has 5 nitrogen and oxygen atoms in total. The van der Waals surface area contributed by atoms with Crippen LogP contribution in [0.2, 0.25) is 10.0 Å². The Hall–Kier alpha value is -0.370. The summed E-state index contributed by atoms with van der Waals surface area (Å²) in [5.74, 6) is 0. The molecule has 120 valence electrons. The molecule has 0 fully saturated rings. The van der Waals surface area contributed by atoms with Crippen LogP contribution in [-0.4, -0.2) is 44.6 Å². The van der Waals surface area contributed by atoms with E-state index in [1.807, 2.05) is 13.8 Å². The minimum Gasteiger partial charge on any atom is -0.392 e. The molecular weight excluding hydrogens is 335 g/mol. The van der Waals surface area contributed by atoms with Gasteiger partial charge in [0, 0.05) is 18.1 Å². The van der Waals surface area contributed by atoms with E-state index in [4.69, 9.17) is 28.3 Å². The predicted molar refractivity (Wildman–Crippen MR) is 85.4 cm³/mol. The molecule has 0 atom stereocenters. The number of halogens is 2. The molecule has 0 radical (unpaired) electrons. The van der Waals surface area contributed by atoms with Gasteiger partial charge < -0.3 is 10.0 Å². The molecule has 0 unspecified atom stereocenters. The van der Waals surface area contributed by atoms with Gasteiger partial charge in [0.2, 0.25) is 10.0 Å². The van der Waals surface area contributed by atoms with Gasteiger partial charge in [-0.1, -0.05) is 37.0 Å². The Kier molecular flexibility index (Phi) is 7.39. The van der Waals surface area contributed by atoms with Crippen molar-refractivity contribution in [1.29, 1.82) is 0 Å². The minimum atomic E-state index is -3.73. The van der Waals surface area contributed by atoms with Gasteiger partial charge in [0.05, 0.1) is 11.6 Å². The Bertz CT molecular complexity index is 575. The van der Waals surface area contributed by atoms with E-state index in [-0.39, 0.29) is 28.1 Å². The fraction of sp³-hybridized carbons (Fsp3) is 0.538. The van der Waals surface area contributed by atoms with Crippen molar-refractivity contribution in [1.82, 2.24) is 9.62 Å². The maximum atomic E-state index is 12.3. The molecule has 0 aromatic heterocycles. The summed E-state index contributed by atoms with van der Waals surface area (Å²) in [5.41, 5.74) is 0.324. The molecule has 0 bridgehead atoms. The van der Waals surface area contributed by atoms with Gasteiger partial charge in [-0.2, -0.15) is 0 Å². The SMILES string of the molecule is CCN(CC)CCNS(=O)(=O)c1cc(CO)c(Cl)cc1Cl. The number of benzene rings is 1. The van der Waals surface area contributed by atoms with Crippen LogP contribution in [0.15, 0.2) is 17.0 Å². The van der Waals surface area contributed by atoms with Crippen molar-refractivity contribution >= 4 is 33.2 Å². The average Bonchev–Trinajstić information content (AvgIpc) is 2.43. The van der Waals surface area contributed by atoms with Gasteiger partial charge in [-0.05, 0) is 30.8 Å². The summed E-state index contributed by atoms with van der Waals surface area (Å²) >= 11 is 11.8. The molecule has 0 spiro atoms. The number of likely N-dealkylation sites (N-methyl/N-ethyl adjacent to an activating group) is 1. The minimum absolute atomic E-state index is 0.0348. The van der Waals surface area contributed by atoms with Gasteiger partial charge in [0.25, 0.3) is 0 Å². The molecule has 1 rings (SSSR count). The number of sulfonamides is 1. The summed E-state index contributed by atoms with van der Waals surface area (Å²) in [6, 6.07) is 2.62. The lowest BCUT2D eigenvalue weighted by atomic mass is 10.2. The first-order valence-corrected chi connectivity index (χ1v) is 8.90. The summed E-state index contributed by atoms with van der Waals surface area (Å²) in [4.78, 5) is 2.03. The predicted octanol–water partition coefficient (Wildman–Crippen LogP) is 2.11. The van der Waals surface area contributed by atoms with Crippen LogP contribution in [0.25, 0.3) is 0 Å². The zero-order chi connectivity index (χ0) is 16.0. The van der Waals surface area contributed by atoms with Crippen LogP contribution in [-0.2, 0) is 16.6 Å². The summed E-state index contributed by atoms with van der Waals surface area (Å²) < 4.78 is 27.0. The molecule has 0 saturated heterocycles. The van der Waals surface area contributed by atoms with Crippen LogP contribution in [0, 0.1) is 0 Å². The van der Waals surface area contributed by atoms with Gasteiger partial charge in [-0.15, -0.1) is 0 Å². The molecule has 0 aliphatic rings. The summed E-state index contributed by atoms with van der Waals surface area (Å²) in [6.45, 7) is 6.30. The molecule has 0 heterocycles. The number of aliphatic hydroxyl groups excluding tert-OH is 1. The van der Waals surface area contributed by atoms with Crippen molar-refractivity contribution in [2.24, 2.45) is 0 Å². The van der Waals surface area contributed by atoms with E-state index >= 15 is 0 Å². The number of aliphatic hydroxyl groups is 1. The first-order valence-electron chi connectivity index (χ1n) is 6.66. The summed E-state index contributed by atoms with van der Waals surface area (Å²) in [5, 5.41) is 9.44. The van der Waals surface area contributed by atoms with Crippen molar-refractivity contribution in [2.75, 3.05) is 26.2 Å². The van der Waals surface area contributed by atoms with E-state index in [0.29, 0.717) is 12.1 Å². The lowest BCUT2D eigenvalue weighted by molar-refractivity contribution is 0.281. The van der Waals surface area contributed by atoms with Crippen molar-refractivity contribution < 1.29 is 13.5 Å². The van der Waals surface area contributed by atoms with E-state index in [9.17, 15) is 8.42 Å². The third-order valence-electron chi connectivity index (χ3n) is 3.18. The van der Waals surface area contributed by atoms with E-state index < -0.39 is 10.0 Å². The fourth-order valence-corrected chi connectivity index (χ4v) is 3.73. The first kappa shape index (κ1) is 18.7. The number of nitrogens with zero attached hydrogens (tertiary/aromatic N) is 1. The molecule has 1 aromatic carbocycles. The van der Waals surface area contributed by atoms with Gasteiger partial charge in [0.1, 0.15) is 4.90 Å². The average molecular weight is 355 g/mol. The van der Waals surface area contributed by atoms with Crippen LogP contribution >= 0.6 is 23.2 Å². The topological polar surface area (TPSA) is 69.6 Å². The molecule has 21 heavy (non-hydrogen) atoms. The second-order valence-electron chi connectivity index (χ2n) is 4.46. The molecule has 1 aromatic rings. The largest absolute Gasteiger partial charge is 0.392 e. The second-order valence-corrected chi connectivity index (χ2v) is 7.01. The number of nitrogens with one attached hydrogen (secondary N) is 1. The molecule has 0 aliphatic carbocycles. The van der Waals surface area contributed by atoms with Crippen LogP contribution in [0.4, 0.5) is 0 Å². The quantitative estimate of drug-likeness (QED) is 0.749. The monoisotopic (exact) mass is 354 g/mol. The van der Waals surface area contributed by atoms with Crippen molar-refractivity contribution in [3.63, 3.8) is 0 Å². The molecule has 8 heteroatoms. The van der Waals surface area contributed by atoms with Gasteiger partial charge in [-0.25, -0.2) is 13.1 Å². The summed E-state index contributed by atoms with van der Waals surface area (Å²) in [6.07, 6.45) is 0. The zero-order valence-corrected chi connectivity index (χ0v) is 14.4. The Morgan fingerprint density at radius 3 is 2.33 bits per heavy atom. The normalized spacial score (nSPS) is 12.1. The van der Waals surface area contributed by atoms with Crippen LogP contribution < -0.4 is 4.72 Å². The lowest BCUT2D eigenvalue weighted by Crippen LogP contribution is -2.34. The molecule has 2 N–H and O–H groups in total. The fourth-order valence-electron chi connectivity index (χ4n) is 1.85. The smallest absolute Gasteiger partial charge is 0.242 e. The highest BCUT2D eigenvalue weighted by Gasteiger charge is 2.19. The van der Waals surface area contributed by atoms with E-state index in [1.165, 1.54) is 12.1 Å². The zero-order valence-electron chi connectivity index (χ0n) is 12.1. The van der Waals surface area contributed by atoms with Crippen molar-refractivity contribution in [3.05, 3.63) is 27.7 Å². The Labute approximate surface area is 135 Å². The maximum absolute atomic E-state index is 12.3. The maximum Gasteiger partial charge on any atom is 0.242 e. The van der Waals surface area contributed by atoms with E-state index in [0.717, 1.165) is 13.1 Å². The standard InChI is InChI=1S/C13H20Cl2N2O3S/c1-3-17(4-2)6-5-16-21(19,20)13-7-10(9-18)11(14)8-12(13)15/h7-8,16,18H,3-6,9H2,1-2H3. The highest BCUT2D eigenvalue weighted by Crippen LogP contribution is 2.28. The van der Waals surface area contributed by atoms with Gasteiger partial charge in [0.15, 0.2) is 0 Å². The first-order chi connectivity index (χ1) is 9.85. The third-order valence-corrected chi connectivity index (χ3v) is 5.45. The van der Waals surface area contributed by atoms with Crippen LogP contribution in [0.5, 0.6) is 0 Å². The van der Waals surface area contributed by atoms with Crippen molar-refractivity contribution in [3.8, 4) is 0 Å². The molecular formula is C13H20Cl2N2O3S. The number of rotatable bonds is 8. The highest BCUT2D eigenvalue weighted by molar-refractivity contribution is 7.89. The summed E-state index contributed by atoms with van der Waals surface area (Å²) in [7, 11) is -3.73. The Balaban J connectivity index is 2.88. The van der Waals surface area contributed by atoms with Gasteiger partial charge >= 0.3 is 0 Å². The third kappa shape index (κ3) is 5.09. The van der Waals surface area contributed by atoms with E-state index in [2.05, 4.69) is 9.62 Å². The van der Waals surface area contributed by atoms with Crippen LogP contribution in [0.1, 0.15) is 19.4 Å². The van der Waals surface area contributed by atoms with Crippen molar-refractivity contribution in [2.45, 2.75) is 25.3 Å². The Morgan fingerprint density at radius 2 is 1.81 bits per heavy atom. The molecule has 0 saturated carbocycles. The highest BCUT2D eigenvalue weighted by atomic mass is 35.5.